The van der Waals surface area contributed by atoms with Crippen molar-refractivity contribution in [1.29, 1.82) is 0 Å². The SMILES string of the molecule is CCC(CCc1cccnc1)CC(N)=O. The standard InChI is InChI=1S/C12H18N2O/c1-2-10(8-12(13)15)5-6-11-4-3-7-14-9-11/h3-4,7,9-10H,2,5-6,8H2,1H3,(H2,13,15). The summed E-state index contributed by atoms with van der Waals surface area (Å²) in [7, 11) is 0. The summed E-state index contributed by atoms with van der Waals surface area (Å²) in [6.07, 6.45) is 7.12. The van der Waals surface area contributed by atoms with Gasteiger partial charge in [-0.2, -0.15) is 0 Å². The lowest BCUT2D eigenvalue weighted by atomic mass is 9.94. The van der Waals surface area contributed by atoms with E-state index in [1.807, 2.05) is 12.3 Å². The van der Waals surface area contributed by atoms with Crippen LogP contribution in [0.15, 0.2) is 24.5 Å². The molecular weight excluding hydrogens is 188 g/mol. The van der Waals surface area contributed by atoms with Gasteiger partial charge in [-0.05, 0) is 30.4 Å². The molecule has 0 aliphatic rings. The van der Waals surface area contributed by atoms with Crippen LogP contribution in [0.3, 0.4) is 0 Å². The first-order valence-electron chi connectivity index (χ1n) is 5.39. The summed E-state index contributed by atoms with van der Waals surface area (Å²) < 4.78 is 0. The number of nitrogens with zero attached hydrogens (tertiary/aromatic N) is 1. The van der Waals surface area contributed by atoms with Crippen LogP contribution < -0.4 is 5.73 Å². The van der Waals surface area contributed by atoms with Crippen molar-refractivity contribution in [2.24, 2.45) is 11.7 Å². The average Bonchev–Trinajstić information content (AvgIpc) is 2.25. The van der Waals surface area contributed by atoms with Gasteiger partial charge in [-0.3, -0.25) is 9.78 Å². The molecule has 3 heteroatoms. The van der Waals surface area contributed by atoms with Crippen LogP contribution in [0, 0.1) is 5.92 Å². The van der Waals surface area contributed by atoms with Gasteiger partial charge in [0.05, 0.1) is 0 Å². The number of hydrogen-bond acceptors (Lipinski definition) is 2. The van der Waals surface area contributed by atoms with E-state index in [0.717, 1.165) is 19.3 Å². The number of primary amides is 1. The number of aromatic nitrogens is 1. The molecule has 1 amide bonds. The van der Waals surface area contributed by atoms with Crippen molar-refractivity contribution >= 4 is 5.91 Å². The van der Waals surface area contributed by atoms with Crippen LogP contribution in [-0.4, -0.2) is 10.9 Å². The van der Waals surface area contributed by atoms with Crippen molar-refractivity contribution < 1.29 is 4.79 Å². The molecule has 3 nitrogen and oxygen atoms in total. The zero-order valence-corrected chi connectivity index (χ0v) is 9.15. The second-order valence-corrected chi connectivity index (χ2v) is 3.84. The lowest BCUT2D eigenvalue weighted by Gasteiger charge is -2.12. The third-order valence-corrected chi connectivity index (χ3v) is 2.63. The zero-order valence-electron chi connectivity index (χ0n) is 9.15. The summed E-state index contributed by atoms with van der Waals surface area (Å²) in [4.78, 5) is 14.8. The number of carbonyl (C=O) groups is 1. The summed E-state index contributed by atoms with van der Waals surface area (Å²) in [6, 6.07) is 3.99. The van der Waals surface area contributed by atoms with Gasteiger partial charge in [0.25, 0.3) is 0 Å². The van der Waals surface area contributed by atoms with Gasteiger partial charge in [-0.15, -0.1) is 0 Å². The van der Waals surface area contributed by atoms with Crippen molar-refractivity contribution in [2.45, 2.75) is 32.6 Å². The highest BCUT2D eigenvalue weighted by Crippen LogP contribution is 2.15. The van der Waals surface area contributed by atoms with E-state index < -0.39 is 0 Å². The van der Waals surface area contributed by atoms with Gasteiger partial charge in [-0.1, -0.05) is 19.4 Å². The predicted molar refractivity (Wildman–Crippen MR) is 60.2 cm³/mol. The molecule has 1 atom stereocenters. The van der Waals surface area contributed by atoms with E-state index in [1.165, 1.54) is 5.56 Å². The van der Waals surface area contributed by atoms with Crippen LogP contribution in [-0.2, 0) is 11.2 Å². The Morgan fingerprint density at radius 3 is 2.93 bits per heavy atom. The molecule has 2 N–H and O–H groups in total. The van der Waals surface area contributed by atoms with Crippen molar-refractivity contribution in [1.82, 2.24) is 4.98 Å². The van der Waals surface area contributed by atoms with E-state index in [2.05, 4.69) is 18.0 Å². The van der Waals surface area contributed by atoms with Crippen LogP contribution in [0.25, 0.3) is 0 Å². The fraction of sp³-hybridized carbons (Fsp3) is 0.500. The van der Waals surface area contributed by atoms with E-state index in [-0.39, 0.29) is 5.91 Å². The largest absolute Gasteiger partial charge is 0.370 e. The Morgan fingerprint density at radius 1 is 1.60 bits per heavy atom. The third-order valence-electron chi connectivity index (χ3n) is 2.63. The van der Waals surface area contributed by atoms with Gasteiger partial charge in [0.15, 0.2) is 0 Å². The molecule has 0 saturated carbocycles. The fourth-order valence-corrected chi connectivity index (χ4v) is 1.65. The molecule has 0 aromatic carbocycles. The van der Waals surface area contributed by atoms with Crippen LogP contribution >= 0.6 is 0 Å². The summed E-state index contributed by atoms with van der Waals surface area (Å²) in [6.45, 7) is 2.09. The normalized spacial score (nSPS) is 12.3. The molecule has 0 spiro atoms. The Hall–Kier alpha value is -1.38. The van der Waals surface area contributed by atoms with Crippen molar-refractivity contribution in [3.63, 3.8) is 0 Å². The molecule has 0 radical (unpaired) electrons. The van der Waals surface area contributed by atoms with E-state index >= 15 is 0 Å². The molecule has 1 rings (SSSR count). The number of aryl methyl sites for hydroxylation is 1. The van der Waals surface area contributed by atoms with Gasteiger partial charge in [0, 0.05) is 18.8 Å². The summed E-state index contributed by atoms with van der Waals surface area (Å²) >= 11 is 0. The quantitative estimate of drug-likeness (QED) is 0.773. The van der Waals surface area contributed by atoms with E-state index in [0.29, 0.717) is 12.3 Å². The minimum absolute atomic E-state index is 0.201. The molecule has 0 aliphatic heterocycles. The van der Waals surface area contributed by atoms with Crippen molar-refractivity contribution in [3.05, 3.63) is 30.1 Å². The molecule has 82 valence electrons. The maximum absolute atomic E-state index is 10.8. The summed E-state index contributed by atoms with van der Waals surface area (Å²) in [5.74, 6) is 0.204. The van der Waals surface area contributed by atoms with E-state index in [9.17, 15) is 4.79 Å². The molecule has 1 aromatic heterocycles. The highest BCUT2D eigenvalue weighted by Gasteiger charge is 2.09. The number of carbonyl (C=O) groups excluding carboxylic acids is 1. The molecule has 1 unspecified atom stereocenters. The van der Waals surface area contributed by atoms with E-state index in [1.54, 1.807) is 6.20 Å². The number of hydrogen-bond donors (Lipinski definition) is 1. The highest BCUT2D eigenvalue weighted by atomic mass is 16.1. The Labute approximate surface area is 90.7 Å². The molecular formula is C12H18N2O. The number of pyridine rings is 1. The minimum Gasteiger partial charge on any atom is -0.370 e. The Kier molecular flexibility index (Phi) is 4.81. The van der Waals surface area contributed by atoms with Gasteiger partial charge < -0.3 is 5.73 Å². The van der Waals surface area contributed by atoms with Gasteiger partial charge in [-0.25, -0.2) is 0 Å². The maximum Gasteiger partial charge on any atom is 0.217 e. The first-order valence-corrected chi connectivity index (χ1v) is 5.39. The first kappa shape index (κ1) is 11.7. The lowest BCUT2D eigenvalue weighted by molar-refractivity contribution is -0.119. The Balaban J connectivity index is 2.37. The summed E-state index contributed by atoms with van der Waals surface area (Å²) in [5, 5.41) is 0. The maximum atomic E-state index is 10.8. The van der Waals surface area contributed by atoms with Gasteiger partial charge in [0.2, 0.25) is 5.91 Å². The summed E-state index contributed by atoms with van der Waals surface area (Å²) in [5.41, 5.74) is 6.41. The second-order valence-electron chi connectivity index (χ2n) is 3.84. The van der Waals surface area contributed by atoms with Gasteiger partial charge in [0.1, 0.15) is 0 Å². The van der Waals surface area contributed by atoms with Crippen LogP contribution in [0.2, 0.25) is 0 Å². The average molecular weight is 206 g/mol. The van der Waals surface area contributed by atoms with Gasteiger partial charge >= 0.3 is 0 Å². The highest BCUT2D eigenvalue weighted by molar-refractivity contribution is 5.73. The number of rotatable bonds is 6. The molecule has 0 saturated heterocycles. The smallest absolute Gasteiger partial charge is 0.217 e. The molecule has 15 heavy (non-hydrogen) atoms. The van der Waals surface area contributed by atoms with Crippen LogP contribution in [0.4, 0.5) is 0 Å². The second kappa shape index (κ2) is 6.17. The molecule has 1 aromatic rings. The Bertz CT molecular complexity index is 298. The number of amides is 1. The number of nitrogens with two attached hydrogens (primary N) is 1. The van der Waals surface area contributed by atoms with E-state index in [4.69, 9.17) is 5.73 Å². The molecule has 0 bridgehead atoms. The predicted octanol–water partition coefficient (Wildman–Crippen LogP) is 1.92. The van der Waals surface area contributed by atoms with Crippen molar-refractivity contribution in [2.75, 3.05) is 0 Å². The molecule has 1 heterocycles. The fourth-order valence-electron chi connectivity index (χ4n) is 1.65. The monoisotopic (exact) mass is 206 g/mol. The zero-order chi connectivity index (χ0) is 11.1. The van der Waals surface area contributed by atoms with Crippen LogP contribution in [0.1, 0.15) is 31.7 Å². The van der Waals surface area contributed by atoms with Crippen molar-refractivity contribution in [3.8, 4) is 0 Å². The first-order chi connectivity index (χ1) is 7.22. The Morgan fingerprint density at radius 2 is 2.40 bits per heavy atom. The molecule has 0 fully saturated rings. The molecule has 0 aliphatic carbocycles. The lowest BCUT2D eigenvalue weighted by Crippen LogP contribution is -2.16. The van der Waals surface area contributed by atoms with Crippen LogP contribution in [0.5, 0.6) is 0 Å². The minimum atomic E-state index is -0.201. The topological polar surface area (TPSA) is 56.0 Å². The third kappa shape index (κ3) is 4.58.